The molecule has 1 aromatic carbocycles. The van der Waals surface area contributed by atoms with Crippen LogP contribution in [0.4, 0.5) is 0 Å². The number of para-hydroxylation sites is 1. The Labute approximate surface area is 96.8 Å². The fraction of sp³-hybridized carbons (Fsp3) is 0.286. The number of hydrogen-bond acceptors (Lipinski definition) is 2. The smallest absolute Gasteiger partial charge is 0.142 e. The summed E-state index contributed by atoms with van der Waals surface area (Å²) in [6, 6.07) is 6.30. The first kappa shape index (κ1) is 11.0. The summed E-state index contributed by atoms with van der Waals surface area (Å²) in [5, 5.41) is 0. The first-order valence-corrected chi connectivity index (χ1v) is 5.53. The Hall–Kier alpha value is -1.54. The van der Waals surface area contributed by atoms with E-state index in [0.717, 1.165) is 25.3 Å². The quantitative estimate of drug-likeness (QED) is 0.716. The van der Waals surface area contributed by atoms with Gasteiger partial charge in [-0.25, -0.2) is 0 Å². The molecular weight excluding hydrogens is 198 g/mol. The molecule has 0 radical (unpaired) electrons. The molecule has 0 atom stereocenters. The third-order valence-corrected chi connectivity index (χ3v) is 2.72. The topological polar surface area (TPSA) is 12.5 Å². The number of hydrogen-bond donors (Lipinski definition) is 0. The maximum absolute atomic E-state index is 5.80. The van der Waals surface area contributed by atoms with Gasteiger partial charge < -0.3 is 4.74 Å². The van der Waals surface area contributed by atoms with Gasteiger partial charge in [-0.15, -0.1) is 13.2 Å². The van der Waals surface area contributed by atoms with Crippen molar-refractivity contribution in [2.24, 2.45) is 0 Å². The van der Waals surface area contributed by atoms with Crippen molar-refractivity contribution in [1.82, 2.24) is 4.90 Å². The van der Waals surface area contributed by atoms with Crippen LogP contribution in [-0.2, 0) is 13.0 Å². The zero-order chi connectivity index (χ0) is 11.4. The van der Waals surface area contributed by atoms with Crippen LogP contribution in [0.15, 0.2) is 43.5 Å². The van der Waals surface area contributed by atoms with Crippen LogP contribution in [0, 0.1) is 0 Å². The van der Waals surface area contributed by atoms with Gasteiger partial charge in [0, 0.05) is 18.7 Å². The molecule has 0 spiro atoms. The minimum Gasteiger partial charge on any atom is -0.477 e. The van der Waals surface area contributed by atoms with Gasteiger partial charge >= 0.3 is 0 Å². The molecule has 1 aromatic rings. The van der Waals surface area contributed by atoms with E-state index in [0.29, 0.717) is 6.73 Å². The first-order chi connectivity index (χ1) is 7.85. The van der Waals surface area contributed by atoms with E-state index in [1.54, 1.807) is 0 Å². The monoisotopic (exact) mass is 215 g/mol. The van der Waals surface area contributed by atoms with Crippen LogP contribution >= 0.6 is 0 Å². The summed E-state index contributed by atoms with van der Waals surface area (Å²) in [6.07, 6.45) is 4.68. The number of ether oxygens (including phenoxy) is 1. The number of benzene rings is 1. The van der Waals surface area contributed by atoms with Gasteiger partial charge in [-0.1, -0.05) is 30.4 Å². The summed E-state index contributed by atoms with van der Waals surface area (Å²) in [5.41, 5.74) is 2.48. The lowest BCUT2D eigenvalue weighted by molar-refractivity contribution is 0.106. The number of fused-ring (bicyclic) bond motifs is 1. The SMILES string of the molecule is C=CCc1cccc2c1OCN(CC=C)C2. The van der Waals surface area contributed by atoms with Crippen LogP contribution in [0.3, 0.4) is 0 Å². The van der Waals surface area contributed by atoms with Crippen molar-refractivity contribution in [3.8, 4) is 5.75 Å². The number of nitrogens with zero attached hydrogens (tertiary/aromatic N) is 1. The Morgan fingerprint density at radius 3 is 2.94 bits per heavy atom. The van der Waals surface area contributed by atoms with Gasteiger partial charge in [0.25, 0.3) is 0 Å². The molecule has 84 valence electrons. The molecule has 1 aliphatic heterocycles. The lowest BCUT2D eigenvalue weighted by Gasteiger charge is -2.29. The molecule has 1 heterocycles. The molecule has 0 bridgehead atoms. The zero-order valence-electron chi connectivity index (χ0n) is 9.48. The molecule has 16 heavy (non-hydrogen) atoms. The van der Waals surface area contributed by atoms with Crippen LogP contribution in [0.25, 0.3) is 0 Å². The molecule has 2 rings (SSSR count). The standard InChI is InChI=1S/C14H17NO/c1-3-6-12-7-5-8-13-10-15(9-4-2)11-16-14(12)13/h3-5,7-8H,1-2,6,9-11H2. The molecule has 0 unspecified atom stereocenters. The zero-order valence-corrected chi connectivity index (χ0v) is 9.48. The van der Waals surface area contributed by atoms with Gasteiger partial charge in [-0.3, -0.25) is 4.90 Å². The van der Waals surface area contributed by atoms with Gasteiger partial charge in [-0.2, -0.15) is 0 Å². The molecule has 0 N–H and O–H groups in total. The highest BCUT2D eigenvalue weighted by atomic mass is 16.5. The van der Waals surface area contributed by atoms with E-state index in [9.17, 15) is 0 Å². The van der Waals surface area contributed by atoms with E-state index in [2.05, 4.69) is 36.3 Å². The molecule has 0 aromatic heterocycles. The van der Waals surface area contributed by atoms with Crippen LogP contribution in [-0.4, -0.2) is 18.2 Å². The highest BCUT2D eigenvalue weighted by Gasteiger charge is 2.18. The highest BCUT2D eigenvalue weighted by Crippen LogP contribution is 2.29. The van der Waals surface area contributed by atoms with Gasteiger partial charge in [0.2, 0.25) is 0 Å². The Morgan fingerprint density at radius 2 is 2.19 bits per heavy atom. The Bertz CT molecular complexity index is 398. The second-order valence-electron chi connectivity index (χ2n) is 3.97. The summed E-state index contributed by atoms with van der Waals surface area (Å²) in [4.78, 5) is 2.22. The summed E-state index contributed by atoms with van der Waals surface area (Å²) >= 11 is 0. The summed E-state index contributed by atoms with van der Waals surface area (Å²) in [5.74, 6) is 1.04. The molecule has 0 saturated heterocycles. The summed E-state index contributed by atoms with van der Waals surface area (Å²) < 4.78 is 5.80. The molecule has 0 fully saturated rings. The fourth-order valence-electron chi connectivity index (χ4n) is 2.01. The third-order valence-electron chi connectivity index (χ3n) is 2.72. The maximum Gasteiger partial charge on any atom is 0.142 e. The molecule has 0 aliphatic carbocycles. The van der Waals surface area contributed by atoms with Gasteiger partial charge in [0.1, 0.15) is 12.5 Å². The minimum atomic E-state index is 0.646. The van der Waals surface area contributed by atoms with Gasteiger partial charge in [-0.05, 0) is 12.0 Å². The van der Waals surface area contributed by atoms with Crippen molar-refractivity contribution in [3.63, 3.8) is 0 Å². The highest BCUT2D eigenvalue weighted by molar-refractivity contribution is 5.43. The average Bonchev–Trinajstić information content (AvgIpc) is 2.30. The van der Waals surface area contributed by atoms with Crippen LogP contribution in [0.1, 0.15) is 11.1 Å². The molecule has 1 aliphatic rings. The molecule has 0 saturated carbocycles. The van der Waals surface area contributed by atoms with E-state index in [1.165, 1.54) is 11.1 Å². The van der Waals surface area contributed by atoms with Crippen LogP contribution in [0.2, 0.25) is 0 Å². The van der Waals surface area contributed by atoms with Crippen molar-refractivity contribution in [3.05, 3.63) is 54.6 Å². The van der Waals surface area contributed by atoms with E-state index in [-0.39, 0.29) is 0 Å². The minimum absolute atomic E-state index is 0.646. The molecule has 0 amide bonds. The van der Waals surface area contributed by atoms with Crippen molar-refractivity contribution >= 4 is 0 Å². The summed E-state index contributed by atoms with van der Waals surface area (Å²) in [6.45, 7) is 9.97. The number of allylic oxidation sites excluding steroid dienone is 1. The van der Waals surface area contributed by atoms with Gasteiger partial charge in [0.15, 0.2) is 0 Å². The lowest BCUT2D eigenvalue weighted by Crippen LogP contribution is -2.32. The van der Waals surface area contributed by atoms with Gasteiger partial charge in [0.05, 0.1) is 0 Å². The Kier molecular flexibility index (Phi) is 3.42. The second-order valence-corrected chi connectivity index (χ2v) is 3.97. The van der Waals surface area contributed by atoms with Crippen LogP contribution in [0.5, 0.6) is 5.75 Å². The normalized spacial score (nSPS) is 15.0. The molecule has 2 heteroatoms. The van der Waals surface area contributed by atoms with Crippen molar-refractivity contribution in [1.29, 1.82) is 0 Å². The largest absolute Gasteiger partial charge is 0.477 e. The Balaban J connectivity index is 2.23. The van der Waals surface area contributed by atoms with Crippen molar-refractivity contribution < 1.29 is 4.74 Å². The average molecular weight is 215 g/mol. The van der Waals surface area contributed by atoms with E-state index < -0.39 is 0 Å². The van der Waals surface area contributed by atoms with E-state index >= 15 is 0 Å². The first-order valence-electron chi connectivity index (χ1n) is 5.53. The lowest BCUT2D eigenvalue weighted by atomic mass is 10.0. The predicted molar refractivity (Wildman–Crippen MR) is 66.4 cm³/mol. The third kappa shape index (κ3) is 2.17. The second kappa shape index (κ2) is 4.99. The summed E-state index contributed by atoms with van der Waals surface area (Å²) in [7, 11) is 0. The number of rotatable bonds is 4. The molecule has 2 nitrogen and oxygen atoms in total. The Morgan fingerprint density at radius 1 is 1.31 bits per heavy atom. The van der Waals surface area contributed by atoms with Crippen molar-refractivity contribution in [2.75, 3.05) is 13.3 Å². The van der Waals surface area contributed by atoms with Crippen molar-refractivity contribution in [2.45, 2.75) is 13.0 Å². The van der Waals surface area contributed by atoms with E-state index in [4.69, 9.17) is 4.74 Å². The fourth-order valence-corrected chi connectivity index (χ4v) is 2.01. The predicted octanol–water partition coefficient (Wildman–Crippen LogP) is 2.75. The molecular formula is C14H17NO. The maximum atomic E-state index is 5.80. The van der Waals surface area contributed by atoms with Crippen LogP contribution < -0.4 is 4.74 Å². The van der Waals surface area contributed by atoms with E-state index in [1.807, 2.05) is 12.2 Å².